The topological polar surface area (TPSA) is 102 Å². The highest BCUT2D eigenvalue weighted by molar-refractivity contribution is 6.23. The second-order valence-electron chi connectivity index (χ2n) is 11.3. The second-order valence-corrected chi connectivity index (χ2v) is 11.3. The van der Waals surface area contributed by atoms with Gasteiger partial charge in [-0.1, -0.05) is 39.0 Å². The number of amides is 3. The molecule has 1 aromatic heterocycles. The number of para-hydroxylation sites is 2. The first-order valence-electron chi connectivity index (χ1n) is 13.2. The summed E-state index contributed by atoms with van der Waals surface area (Å²) in [6.45, 7) is 6.21. The number of nitrogens with zero attached hydrogens (tertiary/aromatic N) is 3. The van der Waals surface area contributed by atoms with E-state index in [0.717, 1.165) is 21.5 Å². The van der Waals surface area contributed by atoms with Crippen molar-refractivity contribution >= 4 is 34.5 Å². The summed E-state index contributed by atoms with van der Waals surface area (Å²) in [4.78, 5) is 47.6. The van der Waals surface area contributed by atoms with E-state index in [1.807, 2.05) is 57.2 Å². The van der Waals surface area contributed by atoms with Crippen LogP contribution in [-0.2, 0) is 20.9 Å². The summed E-state index contributed by atoms with van der Waals surface area (Å²) in [6.07, 6.45) is 0.140. The van der Waals surface area contributed by atoms with Crippen LogP contribution in [0, 0.1) is 5.41 Å². The van der Waals surface area contributed by atoms with Gasteiger partial charge in [0.2, 0.25) is 24.5 Å². The summed E-state index contributed by atoms with van der Waals surface area (Å²) in [5, 5.41) is 0. The molecule has 2 aliphatic rings. The van der Waals surface area contributed by atoms with Gasteiger partial charge in [-0.3, -0.25) is 14.4 Å². The fourth-order valence-corrected chi connectivity index (χ4v) is 5.04. The maximum Gasteiger partial charge on any atom is 0.257 e. The summed E-state index contributed by atoms with van der Waals surface area (Å²) in [6, 6.07) is 18.9. The number of benzene rings is 3. The molecule has 0 aliphatic carbocycles. The number of rotatable bonds is 6. The van der Waals surface area contributed by atoms with E-state index in [1.165, 1.54) is 4.90 Å². The van der Waals surface area contributed by atoms with Gasteiger partial charge in [0.1, 0.15) is 11.6 Å². The van der Waals surface area contributed by atoms with Crippen LogP contribution in [0.1, 0.15) is 39.2 Å². The van der Waals surface area contributed by atoms with Crippen LogP contribution in [0.2, 0.25) is 0 Å². The number of hydrogen-bond donors (Lipinski definition) is 0. The molecule has 9 heteroatoms. The van der Waals surface area contributed by atoms with E-state index in [2.05, 4.69) is 4.98 Å². The van der Waals surface area contributed by atoms with Crippen LogP contribution in [0.15, 0.2) is 71.1 Å². The van der Waals surface area contributed by atoms with Crippen molar-refractivity contribution in [2.75, 3.05) is 11.7 Å². The van der Waals surface area contributed by atoms with Gasteiger partial charge in [0.25, 0.3) is 5.91 Å². The van der Waals surface area contributed by atoms with Crippen molar-refractivity contribution in [1.29, 1.82) is 0 Å². The van der Waals surface area contributed by atoms with Crippen molar-refractivity contribution in [3.05, 3.63) is 72.3 Å². The fraction of sp³-hybridized carbons (Fsp3) is 0.290. The first-order valence-corrected chi connectivity index (χ1v) is 13.2. The van der Waals surface area contributed by atoms with Gasteiger partial charge in [-0.25, -0.2) is 9.88 Å². The summed E-state index contributed by atoms with van der Waals surface area (Å²) in [7, 11) is 0. The number of imide groups is 1. The Morgan fingerprint density at radius 2 is 1.75 bits per heavy atom. The second kappa shape index (κ2) is 9.82. The Morgan fingerprint density at radius 1 is 1.00 bits per heavy atom. The maximum absolute atomic E-state index is 13.7. The molecule has 0 saturated carbocycles. The quantitative estimate of drug-likeness (QED) is 0.306. The normalized spacial score (nSPS) is 16.7. The van der Waals surface area contributed by atoms with Crippen molar-refractivity contribution < 1.29 is 28.3 Å². The molecule has 1 unspecified atom stereocenters. The minimum atomic E-state index is -0.913. The first kappa shape index (κ1) is 25.6. The molecule has 3 heterocycles. The van der Waals surface area contributed by atoms with Crippen LogP contribution in [0.3, 0.4) is 0 Å². The molecule has 3 amide bonds. The summed E-state index contributed by atoms with van der Waals surface area (Å²) in [5.74, 6) is 0.703. The summed E-state index contributed by atoms with van der Waals surface area (Å²) in [5.41, 5.74) is 3.07. The highest BCUT2D eigenvalue weighted by atomic mass is 16.7. The predicted molar refractivity (Wildman–Crippen MR) is 148 cm³/mol. The van der Waals surface area contributed by atoms with E-state index in [-0.39, 0.29) is 43.4 Å². The molecule has 0 bridgehead atoms. The number of aromatic nitrogens is 1. The summed E-state index contributed by atoms with van der Waals surface area (Å²) >= 11 is 0. The molecule has 9 nitrogen and oxygen atoms in total. The Bertz CT molecular complexity index is 1590. The van der Waals surface area contributed by atoms with E-state index < -0.39 is 11.9 Å². The Balaban J connectivity index is 1.26. The molecule has 3 aromatic carbocycles. The van der Waals surface area contributed by atoms with E-state index >= 15 is 0 Å². The molecule has 2 aliphatic heterocycles. The molecule has 1 fully saturated rings. The van der Waals surface area contributed by atoms with Gasteiger partial charge in [0.05, 0.1) is 12.1 Å². The lowest BCUT2D eigenvalue weighted by atomic mass is 9.91. The number of oxazole rings is 1. The number of fused-ring (bicyclic) bond motifs is 2. The zero-order valence-corrected chi connectivity index (χ0v) is 22.5. The van der Waals surface area contributed by atoms with E-state index in [4.69, 9.17) is 13.9 Å². The van der Waals surface area contributed by atoms with E-state index in [1.54, 1.807) is 30.3 Å². The number of carbonyl (C=O) groups is 3. The molecule has 204 valence electrons. The van der Waals surface area contributed by atoms with E-state index in [0.29, 0.717) is 28.7 Å². The molecule has 1 saturated heterocycles. The van der Waals surface area contributed by atoms with Gasteiger partial charge in [-0.15, -0.1) is 0 Å². The highest BCUT2D eigenvalue weighted by Gasteiger charge is 2.44. The average Bonchev–Trinajstić information content (AvgIpc) is 3.63. The average molecular weight is 540 g/mol. The van der Waals surface area contributed by atoms with Gasteiger partial charge < -0.3 is 18.8 Å². The molecule has 1 atom stereocenters. The smallest absolute Gasteiger partial charge is 0.257 e. The van der Waals surface area contributed by atoms with Gasteiger partial charge in [-0.05, 0) is 59.5 Å². The molecule has 0 N–H and O–H groups in total. The monoisotopic (exact) mass is 539 g/mol. The maximum atomic E-state index is 13.7. The van der Waals surface area contributed by atoms with Gasteiger partial charge in [0.15, 0.2) is 17.1 Å². The zero-order chi connectivity index (χ0) is 28.0. The van der Waals surface area contributed by atoms with E-state index in [9.17, 15) is 14.4 Å². The molecule has 6 rings (SSSR count). The lowest BCUT2D eigenvalue weighted by Gasteiger charge is -2.30. The van der Waals surface area contributed by atoms with Crippen LogP contribution >= 0.6 is 0 Å². The fourth-order valence-electron chi connectivity index (χ4n) is 5.04. The molecule has 0 spiro atoms. The molecule has 4 aromatic rings. The predicted octanol–water partition coefficient (Wildman–Crippen LogP) is 5.32. The largest absolute Gasteiger partial charge is 0.454 e. The standard InChI is InChI=1S/C31H29N3O6/c1-31(2,3)16-28(36)33(17-19-8-13-25-26(14-19)39-18-38-25)23-15-27(35)34(30(23)37)21-11-9-20(10-12-21)29-32-22-6-4-5-7-24(22)40-29/h4-14,23H,15-18H2,1-3H3. The lowest BCUT2D eigenvalue weighted by Crippen LogP contribution is -2.46. The Morgan fingerprint density at radius 3 is 2.50 bits per heavy atom. The van der Waals surface area contributed by atoms with Crippen molar-refractivity contribution in [2.45, 2.75) is 46.2 Å². The highest BCUT2D eigenvalue weighted by Crippen LogP contribution is 2.35. The number of hydrogen-bond acceptors (Lipinski definition) is 7. The minimum Gasteiger partial charge on any atom is -0.454 e. The van der Waals surface area contributed by atoms with Crippen LogP contribution < -0.4 is 14.4 Å². The third-order valence-electron chi connectivity index (χ3n) is 6.96. The zero-order valence-electron chi connectivity index (χ0n) is 22.5. The third-order valence-corrected chi connectivity index (χ3v) is 6.96. The van der Waals surface area contributed by atoms with Gasteiger partial charge in [-0.2, -0.15) is 0 Å². The van der Waals surface area contributed by atoms with Crippen LogP contribution in [-0.4, -0.2) is 40.4 Å². The van der Waals surface area contributed by atoms with Crippen molar-refractivity contribution in [3.63, 3.8) is 0 Å². The first-order chi connectivity index (χ1) is 19.2. The summed E-state index contributed by atoms with van der Waals surface area (Å²) < 4.78 is 16.7. The Kier molecular flexibility index (Phi) is 6.29. The van der Waals surface area contributed by atoms with Crippen LogP contribution in [0.5, 0.6) is 11.5 Å². The Hall–Kier alpha value is -4.66. The number of ether oxygens (including phenoxy) is 2. The van der Waals surface area contributed by atoms with Gasteiger partial charge >= 0.3 is 0 Å². The SMILES string of the molecule is CC(C)(C)CC(=O)N(Cc1ccc2c(c1)OCO2)C1CC(=O)N(c2ccc(-c3nc4ccccc4o3)cc2)C1=O. The third kappa shape index (κ3) is 4.90. The molecular weight excluding hydrogens is 510 g/mol. The molecule has 40 heavy (non-hydrogen) atoms. The number of carbonyl (C=O) groups excluding carboxylic acids is 3. The van der Waals surface area contributed by atoms with Gasteiger partial charge in [0, 0.05) is 18.5 Å². The van der Waals surface area contributed by atoms with Crippen molar-refractivity contribution in [2.24, 2.45) is 5.41 Å². The molecular formula is C31H29N3O6. The minimum absolute atomic E-state index is 0.0911. The van der Waals surface area contributed by atoms with Crippen molar-refractivity contribution in [3.8, 4) is 23.0 Å². The molecule has 0 radical (unpaired) electrons. The van der Waals surface area contributed by atoms with Crippen molar-refractivity contribution in [1.82, 2.24) is 9.88 Å². The van der Waals surface area contributed by atoms with Crippen LogP contribution in [0.4, 0.5) is 5.69 Å². The lowest BCUT2D eigenvalue weighted by molar-refractivity contribution is -0.140. The number of anilines is 1. The van der Waals surface area contributed by atoms with Crippen LogP contribution in [0.25, 0.3) is 22.6 Å². The Labute approximate surface area is 231 Å².